The summed E-state index contributed by atoms with van der Waals surface area (Å²) in [7, 11) is 0. The van der Waals surface area contributed by atoms with Crippen LogP contribution in [0.25, 0.3) is 0 Å². The van der Waals surface area contributed by atoms with E-state index in [4.69, 9.17) is 0 Å². The molecule has 1 heterocycles. The third-order valence-electron chi connectivity index (χ3n) is 2.43. The van der Waals surface area contributed by atoms with Gasteiger partial charge in [-0.3, -0.25) is 9.97 Å². The summed E-state index contributed by atoms with van der Waals surface area (Å²) in [4.78, 5) is 8.70. The Balaban J connectivity index is 2.74. The third kappa shape index (κ3) is 2.79. The molecule has 72 valence electrons. The highest BCUT2D eigenvalue weighted by Crippen LogP contribution is 2.11. The predicted molar refractivity (Wildman–Crippen MR) is 54.6 cm³/mol. The Bertz CT molecular complexity index is 258. The molecule has 1 aromatic rings. The molecule has 0 spiro atoms. The summed E-state index contributed by atoms with van der Waals surface area (Å²) >= 11 is 0. The zero-order chi connectivity index (χ0) is 9.68. The van der Waals surface area contributed by atoms with E-state index in [0.717, 1.165) is 18.5 Å². The Morgan fingerprint density at radius 3 is 2.31 bits per heavy atom. The van der Waals surface area contributed by atoms with E-state index in [2.05, 4.69) is 30.7 Å². The minimum atomic E-state index is 0.710. The molecule has 0 bridgehead atoms. The fourth-order valence-electron chi connectivity index (χ4n) is 1.34. The summed E-state index contributed by atoms with van der Waals surface area (Å²) in [6, 6.07) is 0. The second kappa shape index (κ2) is 4.95. The molecule has 0 aliphatic heterocycles. The predicted octanol–water partition coefficient (Wildman–Crippen LogP) is 2.63. The third-order valence-corrected chi connectivity index (χ3v) is 2.43. The smallest absolute Gasteiger partial charge is 0.0621 e. The van der Waals surface area contributed by atoms with Crippen LogP contribution in [0.1, 0.15) is 38.6 Å². The van der Waals surface area contributed by atoms with Gasteiger partial charge in [-0.15, -0.1) is 0 Å². The van der Waals surface area contributed by atoms with Gasteiger partial charge in [-0.25, -0.2) is 0 Å². The van der Waals surface area contributed by atoms with Crippen LogP contribution in [-0.4, -0.2) is 9.97 Å². The minimum absolute atomic E-state index is 0.710. The molecule has 1 atom stereocenters. The average Bonchev–Trinajstić information content (AvgIpc) is 2.18. The molecule has 0 saturated heterocycles. The maximum absolute atomic E-state index is 4.37. The maximum Gasteiger partial charge on any atom is 0.0621 e. The van der Waals surface area contributed by atoms with Crippen molar-refractivity contribution in [3.8, 4) is 0 Å². The Labute approximate surface area is 80.4 Å². The Morgan fingerprint density at radius 2 is 1.77 bits per heavy atom. The standard InChI is InChI=1S/C11H18N2/c1-4-9(3)8-11-10(5-2)12-6-7-13-11/h6-7,9H,4-5,8H2,1-3H3. The molecule has 0 fully saturated rings. The summed E-state index contributed by atoms with van der Waals surface area (Å²) in [6.45, 7) is 6.60. The fraction of sp³-hybridized carbons (Fsp3) is 0.636. The van der Waals surface area contributed by atoms with Gasteiger partial charge >= 0.3 is 0 Å². The molecular formula is C11H18N2. The largest absolute Gasteiger partial charge is 0.258 e. The lowest BCUT2D eigenvalue weighted by Gasteiger charge is -2.09. The molecule has 0 N–H and O–H groups in total. The van der Waals surface area contributed by atoms with Crippen LogP contribution in [0.15, 0.2) is 12.4 Å². The van der Waals surface area contributed by atoms with Crippen LogP contribution in [0.5, 0.6) is 0 Å². The van der Waals surface area contributed by atoms with E-state index in [1.165, 1.54) is 12.1 Å². The summed E-state index contributed by atoms with van der Waals surface area (Å²) in [6.07, 6.45) is 6.82. The van der Waals surface area contributed by atoms with E-state index >= 15 is 0 Å². The highest BCUT2D eigenvalue weighted by Gasteiger charge is 2.06. The SMILES string of the molecule is CCc1nccnc1CC(C)CC. The minimum Gasteiger partial charge on any atom is -0.258 e. The molecule has 0 saturated carbocycles. The summed E-state index contributed by atoms with van der Waals surface area (Å²) < 4.78 is 0. The summed E-state index contributed by atoms with van der Waals surface area (Å²) in [5, 5.41) is 0. The Hall–Kier alpha value is -0.920. The fourth-order valence-corrected chi connectivity index (χ4v) is 1.34. The molecule has 1 rings (SSSR count). The van der Waals surface area contributed by atoms with E-state index in [1.54, 1.807) is 12.4 Å². The topological polar surface area (TPSA) is 25.8 Å². The number of nitrogens with zero attached hydrogens (tertiary/aromatic N) is 2. The van der Waals surface area contributed by atoms with Crippen molar-refractivity contribution in [2.24, 2.45) is 5.92 Å². The first-order valence-electron chi connectivity index (χ1n) is 5.06. The van der Waals surface area contributed by atoms with Crippen molar-refractivity contribution < 1.29 is 0 Å². The first-order valence-corrected chi connectivity index (χ1v) is 5.06. The number of hydrogen-bond acceptors (Lipinski definition) is 2. The number of aromatic nitrogens is 2. The van der Waals surface area contributed by atoms with Crippen molar-refractivity contribution in [3.63, 3.8) is 0 Å². The molecule has 0 aromatic carbocycles. The molecule has 1 unspecified atom stereocenters. The lowest BCUT2D eigenvalue weighted by atomic mass is 10.0. The second-order valence-corrected chi connectivity index (χ2v) is 3.52. The van der Waals surface area contributed by atoms with Crippen LogP contribution in [0.2, 0.25) is 0 Å². The van der Waals surface area contributed by atoms with Crippen LogP contribution in [0.4, 0.5) is 0 Å². The van der Waals surface area contributed by atoms with Gasteiger partial charge in [0, 0.05) is 12.4 Å². The number of aryl methyl sites for hydroxylation is 1. The van der Waals surface area contributed by atoms with Gasteiger partial charge in [0.05, 0.1) is 11.4 Å². The van der Waals surface area contributed by atoms with Crippen LogP contribution in [0, 0.1) is 5.92 Å². The molecule has 0 amide bonds. The molecule has 2 nitrogen and oxygen atoms in total. The molecule has 0 radical (unpaired) electrons. The first kappa shape index (κ1) is 10.2. The van der Waals surface area contributed by atoms with E-state index in [1.807, 2.05) is 0 Å². The van der Waals surface area contributed by atoms with E-state index in [9.17, 15) is 0 Å². The van der Waals surface area contributed by atoms with E-state index in [0.29, 0.717) is 5.92 Å². The lowest BCUT2D eigenvalue weighted by Crippen LogP contribution is -2.05. The first-order chi connectivity index (χ1) is 6.27. The molecule has 0 aliphatic carbocycles. The molecule has 0 aliphatic rings. The lowest BCUT2D eigenvalue weighted by molar-refractivity contribution is 0.547. The maximum atomic E-state index is 4.37. The normalized spacial score (nSPS) is 12.8. The van der Waals surface area contributed by atoms with Gasteiger partial charge in [0.2, 0.25) is 0 Å². The van der Waals surface area contributed by atoms with Crippen molar-refractivity contribution in [2.45, 2.75) is 40.0 Å². The average molecular weight is 178 g/mol. The Kier molecular flexibility index (Phi) is 3.87. The second-order valence-electron chi connectivity index (χ2n) is 3.52. The van der Waals surface area contributed by atoms with Crippen molar-refractivity contribution >= 4 is 0 Å². The van der Waals surface area contributed by atoms with E-state index in [-0.39, 0.29) is 0 Å². The summed E-state index contributed by atoms with van der Waals surface area (Å²) in [5.41, 5.74) is 2.34. The van der Waals surface area contributed by atoms with Gasteiger partial charge in [-0.05, 0) is 18.8 Å². The highest BCUT2D eigenvalue weighted by molar-refractivity contribution is 5.10. The van der Waals surface area contributed by atoms with Crippen molar-refractivity contribution in [1.29, 1.82) is 0 Å². The van der Waals surface area contributed by atoms with Gasteiger partial charge < -0.3 is 0 Å². The van der Waals surface area contributed by atoms with Gasteiger partial charge in [0.25, 0.3) is 0 Å². The van der Waals surface area contributed by atoms with Gasteiger partial charge in [-0.1, -0.05) is 27.2 Å². The number of hydrogen-bond donors (Lipinski definition) is 0. The molecular weight excluding hydrogens is 160 g/mol. The number of rotatable bonds is 4. The molecule has 13 heavy (non-hydrogen) atoms. The quantitative estimate of drug-likeness (QED) is 0.708. The molecule has 1 aromatic heterocycles. The van der Waals surface area contributed by atoms with Crippen molar-refractivity contribution in [1.82, 2.24) is 9.97 Å². The monoisotopic (exact) mass is 178 g/mol. The van der Waals surface area contributed by atoms with E-state index < -0.39 is 0 Å². The Morgan fingerprint density at radius 1 is 1.15 bits per heavy atom. The van der Waals surface area contributed by atoms with Crippen molar-refractivity contribution in [2.75, 3.05) is 0 Å². The van der Waals surface area contributed by atoms with Gasteiger partial charge in [0.15, 0.2) is 0 Å². The van der Waals surface area contributed by atoms with Crippen LogP contribution in [-0.2, 0) is 12.8 Å². The molecule has 2 heteroatoms. The van der Waals surface area contributed by atoms with Gasteiger partial charge in [-0.2, -0.15) is 0 Å². The van der Waals surface area contributed by atoms with Crippen LogP contribution < -0.4 is 0 Å². The van der Waals surface area contributed by atoms with Gasteiger partial charge in [0.1, 0.15) is 0 Å². The summed E-state index contributed by atoms with van der Waals surface area (Å²) in [5.74, 6) is 0.710. The van der Waals surface area contributed by atoms with Crippen LogP contribution in [0.3, 0.4) is 0 Å². The van der Waals surface area contributed by atoms with Crippen LogP contribution >= 0.6 is 0 Å². The zero-order valence-electron chi connectivity index (χ0n) is 8.75. The highest BCUT2D eigenvalue weighted by atomic mass is 14.8. The zero-order valence-corrected chi connectivity index (χ0v) is 8.75. The van der Waals surface area contributed by atoms with Crippen molar-refractivity contribution in [3.05, 3.63) is 23.8 Å².